The minimum absolute atomic E-state index is 0.0231. The molecule has 3 atom stereocenters. The predicted molar refractivity (Wildman–Crippen MR) is 325 cm³/mol. The van der Waals surface area contributed by atoms with E-state index in [1.165, 1.54) is 0 Å². The summed E-state index contributed by atoms with van der Waals surface area (Å²) < 4.78 is 39.3. The highest BCUT2D eigenvalue weighted by atomic mass is 31.2. The lowest BCUT2D eigenvalue weighted by molar-refractivity contribution is -0.161. The molecule has 78 heavy (non-hydrogen) atoms. The third-order valence-electron chi connectivity index (χ3n) is 11.1. The van der Waals surface area contributed by atoms with E-state index in [4.69, 9.17) is 23.3 Å². The summed E-state index contributed by atoms with van der Waals surface area (Å²) in [4.78, 5) is 48.5. The van der Waals surface area contributed by atoms with Crippen LogP contribution < -0.4 is 0 Å². The lowest BCUT2D eigenvalue weighted by Gasteiger charge is -2.21. The van der Waals surface area contributed by atoms with Gasteiger partial charge in [-0.25, -0.2) is 4.57 Å². The average Bonchev–Trinajstić information content (AvgIpc) is 3.43. The largest absolute Gasteiger partial charge is 0.472 e. The Morgan fingerprint density at radius 1 is 0.372 bits per heavy atom. The Labute approximate surface area is 472 Å². The van der Waals surface area contributed by atoms with Crippen molar-refractivity contribution >= 4 is 25.7 Å². The molecule has 0 aliphatic carbocycles. The van der Waals surface area contributed by atoms with Gasteiger partial charge in [0.1, 0.15) is 12.7 Å². The van der Waals surface area contributed by atoms with Crippen molar-refractivity contribution in [3.05, 3.63) is 170 Å². The highest BCUT2D eigenvalue weighted by Gasteiger charge is 2.28. The van der Waals surface area contributed by atoms with Crippen LogP contribution in [0.25, 0.3) is 0 Å². The fourth-order valence-corrected chi connectivity index (χ4v) is 7.65. The van der Waals surface area contributed by atoms with Crippen LogP contribution in [0.3, 0.4) is 0 Å². The zero-order valence-corrected chi connectivity index (χ0v) is 48.9. The molecule has 0 heterocycles. The summed E-state index contributed by atoms with van der Waals surface area (Å²) in [6.07, 6.45) is 77.7. The maximum absolute atomic E-state index is 12.9. The molecule has 11 nitrogen and oxygen atoms in total. The van der Waals surface area contributed by atoms with Gasteiger partial charge in [-0.2, -0.15) is 0 Å². The first-order chi connectivity index (χ1) is 38.2. The van der Waals surface area contributed by atoms with Crippen LogP contribution >= 0.6 is 7.82 Å². The Bertz CT molecular complexity index is 1960. The van der Waals surface area contributed by atoms with Gasteiger partial charge in [-0.1, -0.05) is 217 Å². The number of hydrogen-bond donors (Lipinski definition) is 2. The van der Waals surface area contributed by atoms with Gasteiger partial charge in [0.05, 0.1) is 26.2 Å². The van der Waals surface area contributed by atoms with E-state index < -0.39 is 64.4 Å². The minimum Gasteiger partial charge on any atom is -0.461 e. The number of ether oxygens (including phenoxy) is 3. The predicted octanol–water partition coefficient (Wildman–Crippen LogP) is 17.5. The fourth-order valence-electron chi connectivity index (χ4n) is 6.87. The van der Waals surface area contributed by atoms with Crippen LogP contribution in [0.4, 0.5) is 0 Å². The summed E-state index contributed by atoms with van der Waals surface area (Å²) in [5.74, 6) is -1.72. The molecule has 0 aromatic carbocycles. The minimum atomic E-state index is -4.80. The van der Waals surface area contributed by atoms with E-state index in [0.717, 1.165) is 122 Å². The molecule has 0 radical (unpaired) electrons. The van der Waals surface area contributed by atoms with Crippen molar-refractivity contribution < 1.29 is 52.2 Å². The molecule has 0 bridgehead atoms. The number of phosphoric ester groups is 1. The second-order valence-corrected chi connectivity index (χ2v) is 19.8. The Kier molecular flexibility index (Phi) is 54.2. The van der Waals surface area contributed by atoms with Gasteiger partial charge < -0.3 is 24.2 Å². The van der Waals surface area contributed by atoms with E-state index in [-0.39, 0.29) is 19.3 Å². The molecule has 0 fully saturated rings. The molecule has 0 aliphatic heterocycles. The lowest BCUT2D eigenvalue weighted by atomic mass is 10.1. The van der Waals surface area contributed by atoms with Gasteiger partial charge in [0.25, 0.3) is 0 Å². The lowest BCUT2D eigenvalue weighted by Crippen LogP contribution is -2.30. The summed E-state index contributed by atoms with van der Waals surface area (Å²) in [5, 5.41) is 9.82. The van der Waals surface area contributed by atoms with Crippen molar-refractivity contribution in [2.75, 3.05) is 26.4 Å². The van der Waals surface area contributed by atoms with Crippen LogP contribution in [0.1, 0.15) is 188 Å². The monoisotopic (exact) mass is 1100 g/mol. The standard InChI is InChI=1S/C66H101O11P/c1-4-7-10-13-16-19-22-25-28-30-31-33-36-39-42-45-48-51-54-57-66(70)77-63(59-73-64(68)55-52-49-46-43-40-37-34-27-24-21-18-15-12-9-6-3)61-75-78(71,72)74-60-62(58-67)76-65(69)56-53-50-47-44-41-38-35-32-29-26-23-20-17-14-11-8-5-2/h7-12,16-21,25-29,31,33-35,38,40,43-44,47,49,52,62-63,67H,4-6,13-15,22-24,30,32,36-37,39,41-42,45-46,48,50-51,53-61H2,1-3H3,(H,71,72)/b10-7-,11-8-,12-9-,19-16-,20-17-,21-18-,28-25-,29-26-,33-31-,34-27-,38-35-,43-40-,47-44-,52-49-. The summed E-state index contributed by atoms with van der Waals surface area (Å²) in [7, 11) is -4.80. The van der Waals surface area contributed by atoms with E-state index in [9.17, 15) is 28.9 Å². The molecular weight excluding hydrogens is 1000 g/mol. The Balaban J connectivity index is 4.93. The summed E-state index contributed by atoms with van der Waals surface area (Å²) in [6, 6.07) is 0. The van der Waals surface area contributed by atoms with E-state index in [2.05, 4.69) is 161 Å². The van der Waals surface area contributed by atoms with Gasteiger partial charge in [0.2, 0.25) is 0 Å². The number of aliphatic hydroxyl groups excluding tert-OH is 1. The van der Waals surface area contributed by atoms with E-state index in [0.29, 0.717) is 25.7 Å². The molecule has 0 aliphatic rings. The number of hydrogen-bond acceptors (Lipinski definition) is 10. The van der Waals surface area contributed by atoms with Gasteiger partial charge in [0.15, 0.2) is 6.10 Å². The molecular formula is C66H101O11P. The number of unbranched alkanes of at least 4 members (excludes halogenated alkanes) is 7. The van der Waals surface area contributed by atoms with E-state index in [1.807, 2.05) is 24.3 Å². The normalized spacial score (nSPS) is 14.6. The first kappa shape index (κ1) is 72.8. The van der Waals surface area contributed by atoms with Crippen molar-refractivity contribution in [1.29, 1.82) is 0 Å². The first-order valence-corrected chi connectivity index (χ1v) is 30.5. The zero-order chi connectivity index (χ0) is 56.9. The molecule has 0 aromatic heterocycles. The van der Waals surface area contributed by atoms with Gasteiger partial charge >= 0.3 is 25.7 Å². The van der Waals surface area contributed by atoms with Crippen molar-refractivity contribution in [2.45, 2.75) is 200 Å². The van der Waals surface area contributed by atoms with Crippen molar-refractivity contribution in [2.24, 2.45) is 0 Å². The van der Waals surface area contributed by atoms with Gasteiger partial charge in [-0.15, -0.1) is 0 Å². The van der Waals surface area contributed by atoms with Crippen LogP contribution in [0.2, 0.25) is 0 Å². The molecule has 0 saturated carbocycles. The fraction of sp³-hybridized carbons (Fsp3) is 0.530. The topological polar surface area (TPSA) is 155 Å². The van der Waals surface area contributed by atoms with Crippen LogP contribution in [-0.4, -0.2) is 66.5 Å². The summed E-state index contributed by atoms with van der Waals surface area (Å²) >= 11 is 0. The average molecular weight is 1100 g/mol. The molecule has 436 valence electrons. The van der Waals surface area contributed by atoms with Gasteiger partial charge in [-0.3, -0.25) is 23.4 Å². The molecule has 0 saturated heterocycles. The molecule has 0 amide bonds. The number of allylic oxidation sites excluding steroid dienone is 27. The Morgan fingerprint density at radius 2 is 0.679 bits per heavy atom. The van der Waals surface area contributed by atoms with Crippen molar-refractivity contribution in [3.8, 4) is 0 Å². The quantitative estimate of drug-likeness (QED) is 0.0197. The highest BCUT2D eigenvalue weighted by Crippen LogP contribution is 2.43. The van der Waals surface area contributed by atoms with E-state index >= 15 is 0 Å². The Hall–Kier alpha value is -5.16. The van der Waals surface area contributed by atoms with Crippen LogP contribution in [-0.2, 0) is 42.2 Å². The maximum atomic E-state index is 12.9. The SMILES string of the molecule is CC/C=C\C/C=C\C/C=C\C/C=C\C/C=C\CCCC(=O)OC(CO)COP(=O)(O)OCC(COC(=O)C/C=C\C/C=C\C/C=C\C/C=C\C/C=C\CC)OC(=O)CCCCCCCC/C=C\C/C=C\C/C=C\C/C=C\CC. The summed E-state index contributed by atoms with van der Waals surface area (Å²) in [6.45, 7) is 4.08. The maximum Gasteiger partial charge on any atom is 0.472 e. The van der Waals surface area contributed by atoms with Gasteiger partial charge in [-0.05, 0) is 122 Å². The van der Waals surface area contributed by atoms with Crippen molar-refractivity contribution in [3.63, 3.8) is 0 Å². The highest BCUT2D eigenvalue weighted by molar-refractivity contribution is 7.47. The third kappa shape index (κ3) is 55.6. The number of esters is 3. The van der Waals surface area contributed by atoms with Crippen LogP contribution in [0, 0.1) is 0 Å². The molecule has 0 rings (SSSR count). The smallest absolute Gasteiger partial charge is 0.461 e. The number of rotatable bonds is 51. The molecule has 2 N–H and O–H groups in total. The second-order valence-electron chi connectivity index (χ2n) is 18.3. The zero-order valence-electron chi connectivity index (χ0n) is 48.0. The number of carbonyl (C=O) groups excluding carboxylic acids is 3. The molecule has 0 aromatic rings. The van der Waals surface area contributed by atoms with Crippen LogP contribution in [0.15, 0.2) is 170 Å². The third-order valence-corrected chi connectivity index (χ3v) is 12.1. The summed E-state index contributed by atoms with van der Waals surface area (Å²) in [5.41, 5.74) is 0. The number of phosphoric acid groups is 1. The van der Waals surface area contributed by atoms with E-state index in [1.54, 1.807) is 6.08 Å². The number of aliphatic hydroxyl groups is 1. The first-order valence-electron chi connectivity index (χ1n) is 29.0. The Morgan fingerprint density at radius 3 is 1.08 bits per heavy atom. The van der Waals surface area contributed by atoms with Crippen molar-refractivity contribution in [1.82, 2.24) is 0 Å². The van der Waals surface area contributed by atoms with Crippen LogP contribution in [0.5, 0.6) is 0 Å². The second kappa shape index (κ2) is 58.0. The molecule has 3 unspecified atom stereocenters. The molecule has 12 heteroatoms. The number of carbonyl (C=O) groups is 3. The molecule has 0 spiro atoms. The van der Waals surface area contributed by atoms with Gasteiger partial charge in [0, 0.05) is 12.8 Å².